The standard InChI is InChI=1S/C11H19N3O3S/c1-3-16-9(17-4-2)7-18-11-13-12-10(15)14(11)8-5-6-8/h8-9H,3-7H2,1-2H3,(H,12,15). The van der Waals surface area contributed by atoms with Crippen molar-refractivity contribution in [2.24, 2.45) is 0 Å². The van der Waals surface area contributed by atoms with Crippen molar-refractivity contribution in [1.82, 2.24) is 14.8 Å². The Labute approximate surface area is 110 Å². The maximum Gasteiger partial charge on any atom is 0.344 e. The van der Waals surface area contributed by atoms with Gasteiger partial charge in [-0.3, -0.25) is 4.57 Å². The number of rotatable bonds is 8. The molecule has 1 saturated carbocycles. The van der Waals surface area contributed by atoms with Crippen molar-refractivity contribution in [3.8, 4) is 0 Å². The predicted octanol–water partition coefficient (Wildman–Crippen LogP) is 1.40. The molecule has 0 aliphatic heterocycles. The highest BCUT2D eigenvalue weighted by atomic mass is 32.2. The number of thioether (sulfide) groups is 1. The zero-order valence-electron chi connectivity index (χ0n) is 10.7. The summed E-state index contributed by atoms with van der Waals surface area (Å²) in [6, 6.07) is 0.330. The molecule has 1 aromatic rings. The van der Waals surface area contributed by atoms with Crippen LogP contribution in [0.3, 0.4) is 0 Å². The molecule has 1 aliphatic carbocycles. The van der Waals surface area contributed by atoms with E-state index in [1.54, 1.807) is 4.57 Å². The molecule has 0 bridgehead atoms. The lowest BCUT2D eigenvalue weighted by molar-refractivity contribution is -0.120. The number of hydrogen-bond acceptors (Lipinski definition) is 5. The van der Waals surface area contributed by atoms with E-state index in [0.717, 1.165) is 18.0 Å². The molecule has 7 heteroatoms. The van der Waals surface area contributed by atoms with Crippen LogP contribution in [0.2, 0.25) is 0 Å². The Balaban J connectivity index is 1.94. The Bertz CT molecular complexity index is 421. The summed E-state index contributed by atoms with van der Waals surface area (Å²) in [6.45, 7) is 5.10. The van der Waals surface area contributed by atoms with Gasteiger partial charge in [-0.25, -0.2) is 9.89 Å². The van der Waals surface area contributed by atoms with Crippen molar-refractivity contribution in [2.75, 3.05) is 19.0 Å². The third-order valence-corrected chi connectivity index (χ3v) is 3.62. The summed E-state index contributed by atoms with van der Waals surface area (Å²) in [5.41, 5.74) is -0.121. The first-order valence-corrected chi connectivity index (χ1v) is 7.27. The fourth-order valence-corrected chi connectivity index (χ4v) is 2.66. The number of hydrogen-bond donors (Lipinski definition) is 1. The molecule has 1 heterocycles. The number of H-pyrrole nitrogens is 1. The van der Waals surface area contributed by atoms with Gasteiger partial charge in [0, 0.05) is 19.3 Å². The van der Waals surface area contributed by atoms with Crippen molar-refractivity contribution < 1.29 is 9.47 Å². The summed E-state index contributed by atoms with van der Waals surface area (Å²) in [6.07, 6.45) is 1.88. The molecule has 1 N–H and O–H groups in total. The molecule has 102 valence electrons. The molecule has 0 spiro atoms. The molecular weight excluding hydrogens is 254 g/mol. The summed E-state index contributed by atoms with van der Waals surface area (Å²) in [5, 5.41) is 7.28. The maximum absolute atomic E-state index is 11.6. The van der Waals surface area contributed by atoms with Crippen LogP contribution in [0.15, 0.2) is 9.95 Å². The fraction of sp³-hybridized carbons (Fsp3) is 0.818. The molecule has 0 amide bonds. The van der Waals surface area contributed by atoms with Crippen LogP contribution in [0, 0.1) is 0 Å². The van der Waals surface area contributed by atoms with Crippen LogP contribution in [-0.4, -0.2) is 40.0 Å². The zero-order chi connectivity index (χ0) is 13.0. The van der Waals surface area contributed by atoms with E-state index in [-0.39, 0.29) is 12.0 Å². The predicted molar refractivity (Wildman–Crippen MR) is 68.9 cm³/mol. The summed E-state index contributed by atoms with van der Waals surface area (Å²) in [5.74, 6) is 0.638. The SMILES string of the molecule is CCOC(CSc1n[nH]c(=O)n1C1CC1)OCC. The highest BCUT2D eigenvalue weighted by molar-refractivity contribution is 7.99. The van der Waals surface area contributed by atoms with Gasteiger partial charge in [-0.15, -0.1) is 5.10 Å². The van der Waals surface area contributed by atoms with Gasteiger partial charge >= 0.3 is 5.69 Å². The van der Waals surface area contributed by atoms with Crippen LogP contribution < -0.4 is 5.69 Å². The summed E-state index contributed by atoms with van der Waals surface area (Å²) in [7, 11) is 0. The Hall–Kier alpha value is -0.790. The third-order valence-electron chi connectivity index (χ3n) is 2.64. The van der Waals surface area contributed by atoms with Crippen LogP contribution in [0.5, 0.6) is 0 Å². The molecule has 18 heavy (non-hydrogen) atoms. The molecular formula is C11H19N3O3S. The quantitative estimate of drug-likeness (QED) is 0.572. The molecule has 1 aliphatic rings. The molecule has 2 rings (SSSR count). The minimum Gasteiger partial charge on any atom is -0.352 e. The highest BCUT2D eigenvalue weighted by Gasteiger charge is 2.28. The minimum absolute atomic E-state index is 0.121. The van der Waals surface area contributed by atoms with E-state index in [2.05, 4.69) is 10.2 Å². The van der Waals surface area contributed by atoms with Crippen LogP contribution in [0.4, 0.5) is 0 Å². The summed E-state index contributed by atoms with van der Waals surface area (Å²) in [4.78, 5) is 11.6. The van der Waals surface area contributed by atoms with Crippen LogP contribution in [0.1, 0.15) is 32.7 Å². The van der Waals surface area contributed by atoms with Crippen molar-refractivity contribution in [2.45, 2.75) is 44.2 Å². The first-order valence-electron chi connectivity index (χ1n) is 6.29. The van der Waals surface area contributed by atoms with Gasteiger partial charge in [-0.1, -0.05) is 11.8 Å². The average Bonchev–Trinajstić information content (AvgIpc) is 3.11. The Kier molecular flexibility index (Phi) is 4.85. The second-order valence-corrected chi connectivity index (χ2v) is 5.05. The van der Waals surface area contributed by atoms with Gasteiger partial charge in [-0.05, 0) is 26.7 Å². The number of nitrogens with zero attached hydrogens (tertiary/aromatic N) is 2. The van der Waals surface area contributed by atoms with Crippen LogP contribution in [0.25, 0.3) is 0 Å². The number of aromatic nitrogens is 3. The molecule has 0 aromatic carbocycles. The lowest BCUT2D eigenvalue weighted by Crippen LogP contribution is -2.21. The summed E-state index contributed by atoms with van der Waals surface area (Å²) >= 11 is 1.49. The molecule has 6 nitrogen and oxygen atoms in total. The van der Waals surface area contributed by atoms with Crippen molar-refractivity contribution >= 4 is 11.8 Å². The molecule has 0 saturated heterocycles. The van der Waals surface area contributed by atoms with Gasteiger partial charge in [0.15, 0.2) is 11.4 Å². The Morgan fingerprint density at radius 2 is 2.11 bits per heavy atom. The van der Waals surface area contributed by atoms with E-state index in [1.807, 2.05) is 13.8 Å². The normalized spacial score (nSPS) is 15.5. The Morgan fingerprint density at radius 3 is 2.67 bits per heavy atom. The number of aromatic amines is 1. The van der Waals surface area contributed by atoms with Crippen molar-refractivity contribution in [1.29, 1.82) is 0 Å². The zero-order valence-corrected chi connectivity index (χ0v) is 11.5. The van der Waals surface area contributed by atoms with Gasteiger partial charge in [0.25, 0.3) is 0 Å². The highest BCUT2D eigenvalue weighted by Crippen LogP contribution is 2.36. The third kappa shape index (κ3) is 3.37. The molecule has 0 atom stereocenters. The number of ether oxygens (including phenoxy) is 2. The van der Waals surface area contributed by atoms with Gasteiger partial charge in [0.05, 0.1) is 5.75 Å². The van der Waals surface area contributed by atoms with E-state index < -0.39 is 0 Å². The molecule has 0 unspecified atom stereocenters. The van der Waals surface area contributed by atoms with Gasteiger partial charge < -0.3 is 9.47 Å². The molecule has 1 aromatic heterocycles. The smallest absolute Gasteiger partial charge is 0.344 e. The second-order valence-electron chi connectivity index (χ2n) is 4.06. The van der Waals surface area contributed by atoms with Crippen LogP contribution >= 0.6 is 11.8 Å². The van der Waals surface area contributed by atoms with Gasteiger partial charge in [-0.2, -0.15) is 0 Å². The first kappa shape index (κ1) is 13.6. The summed E-state index contributed by atoms with van der Waals surface area (Å²) < 4.78 is 12.7. The first-order chi connectivity index (χ1) is 8.76. The Morgan fingerprint density at radius 1 is 1.44 bits per heavy atom. The van der Waals surface area contributed by atoms with E-state index in [0.29, 0.717) is 25.0 Å². The fourth-order valence-electron chi connectivity index (χ4n) is 1.71. The van der Waals surface area contributed by atoms with E-state index >= 15 is 0 Å². The van der Waals surface area contributed by atoms with Crippen molar-refractivity contribution in [3.05, 3.63) is 10.5 Å². The van der Waals surface area contributed by atoms with Gasteiger partial charge in [0.1, 0.15) is 0 Å². The second kappa shape index (κ2) is 6.40. The maximum atomic E-state index is 11.6. The number of nitrogens with one attached hydrogen (secondary N) is 1. The topological polar surface area (TPSA) is 69.1 Å². The van der Waals surface area contributed by atoms with Crippen LogP contribution in [-0.2, 0) is 9.47 Å². The largest absolute Gasteiger partial charge is 0.352 e. The minimum atomic E-state index is -0.246. The van der Waals surface area contributed by atoms with Crippen molar-refractivity contribution in [3.63, 3.8) is 0 Å². The van der Waals surface area contributed by atoms with E-state index in [4.69, 9.17) is 9.47 Å². The molecule has 0 radical (unpaired) electrons. The lowest BCUT2D eigenvalue weighted by Gasteiger charge is -2.16. The average molecular weight is 273 g/mol. The van der Waals surface area contributed by atoms with Gasteiger partial charge in [0.2, 0.25) is 0 Å². The lowest BCUT2D eigenvalue weighted by atomic mass is 10.7. The van der Waals surface area contributed by atoms with E-state index in [9.17, 15) is 4.79 Å². The molecule has 1 fully saturated rings. The monoisotopic (exact) mass is 273 g/mol. The van der Waals surface area contributed by atoms with E-state index in [1.165, 1.54) is 11.8 Å².